The molecular formula is C9H6N2O3S. The molecule has 0 bridgehead atoms. The predicted octanol–water partition coefficient (Wildman–Crippen LogP) is 1.44. The van der Waals surface area contributed by atoms with Crippen molar-refractivity contribution >= 4 is 23.6 Å². The molecule has 0 spiro atoms. The molecule has 6 heteroatoms. The van der Waals surface area contributed by atoms with E-state index >= 15 is 0 Å². The largest absolute Gasteiger partial charge is 0.478 e. The van der Waals surface area contributed by atoms with Gasteiger partial charge in [0.15, 0.2) is 6.29 Å². The van der Waals surface area contributed by atoms with Gasteiger partial charge in [-0.3, -0.25) is 4.79 Å². The average Bonchev–Trinajstić information content (AvgIpc) is 2.86. The zero-order valence-corrected chi connectivity index (χ0v) is 8.27. The number of aldehydes is 1. The summed E-state index contributed by atoms with van der Waals surface area (Å²) in [7, 11) is 0. The van der Waals surface area contributed by atoms with Crippen molar-refractivity contribution in [1.82, 2.24) is 9.78 Å². The molecule has 0 unspecified atom stereocenters. The summed E-state index contributed by atoms with van der Waals surface area (Å²) in [5.41, 5.74) is 0.121. The van der Waals surface area contributed by atoms with Crippen LogP contribution in [-0.2, 0) is 0 Å². The van der Waals surface area contributed by atoms with Crippen LogP contribution in [0.5, 0.6) is 0 Å². The number of aromatic carboxylic acids is 1. The van der Waals surface area contributed by atoms with E-state index in [0.29, 0.717) is 9.88 Å². The number of nitrogens with zero attached hydrogens (tertiary/aromatic N) is 2. The SMILES string of the molecule is O=Cc1ccc(-n2cc(C(=O)O)cn2)s1. The highest BCUT2D eigenvalue weighted by Gasteiger charge is 2.08. The van der Waals surface area contributed by atoms with Crippen LogP contribution in [0.4, 0.5) is 0 Å². The van der Waals surface area contributed by atoms with E-state index in [-0.39, 0.29) is 5.56 Å². The molecule has 2 rings (SSSR count). The van der Waals surface area contributed by atoms with E-state index < -0.39 is 5.97 Å². The lowest BCUT2D eigenvalue weighted by atomic mass is 10.4. The Morgan fingerprint density at radius 3 is 2.87 bits per heavy atom. The van der Waals surface area contributed by atoms with Gasteiger partial charge in [0.05, 0.1) is 16.6 Å². The first kappa shape index (κ1) is 9.60. The number of hydrogen-bond acceptors (Lipinski definition) is 4. The maximum atomic E-state index is 10.6. The topological polar surface area (TPSA) is 72.2 Å². The van der Waals surface area contributed by atoms with Gasteiger partial charge in [-0.2, -0.15) is 5.10 Å². The van der Waals surface area contributed by atoms with Gasteiger partial charge in [-0.05, 0) is 12.1 Å². The first-order valence-corrected chi connectivity index (χ1v) is 4.85. The van der Waals surface area contributed by atoms with Crippen LogP contribution < -0.4 is 0 Å². The third-order valence-corrected chi connectivity index (χ3v) is 2.78. The summed E-state index contributed by atoms with van der Waals surface area (Å²) < 4.78 is 1.43. The Morgan fingerprint density at radius 1 is 1.53 bits per heavy atom. The third-order valence-electron chi connectivity index (χ3n) is 1.78. The Kier molecular flexibility index (Phi) is 2.34. The Morgan fingerprint density at radius 2 is 2.33 bits per heavy atom. The second-order valence-electron chi connectivity index (χ2n) is 2.77. The summed E-state index contributed by atoms with van der Waals surface area (Å²) in [4.78, 5) is 21.6. The smallest absolute Gasteiger partial charge is 0.338 e. The Bertz CT molecular complexity index is 515. The monoisotopic (exact) mass is 222 g/mol. The minimum absolute atomic E-state index is 0.121. The zero-order chi connectivity index (χ0) is 10.8. The van der Waals surface area contributed by atoms with Crippen LogP contribution in [0.3, 0.4) is 0 Å². The van der Waals surface area contributed by atoms with Crippen molar-refractivity contribution < 1.29 is 14.7 Å². The van der Waals surface area contributed by atoms with Gasteiger partial charge in [-0.15, -0.1) is 11.3 Å². The van der Waals surface area contributed by atoms with Crippen molar-refractivity contribution in [2.45, 2.75) is 0 Å². The molecule has 0 amide bonds. The molecular weight excluding hydrogens is 216 g/mol. The fourth-order valence-corrected chi connectivity index (χ4v) is 1.84. The number of carboxylic acids is 1. The van der Waals surface area contributed by atoms with Crippen LogP contribution in [0.1, 0.15) is 20.0 Å². The molecule has 76 valence electrons. The molecule has 1 N–H and O–H groups in total. The number of hydrogen-bond donors (Lipinski definition) is 1. The highest BCUT2D eigenvalue weighted by molar-refractivity contribution is 7.16. The van der Waals surface area contributed by atoms with E-state index in [0.717, 1.165) is 6.29 Å². The Labute approximate surface area is 88.6 Å². The van der Waals surface area contributed by atoms with Crippen molar-refractivity contribution in [3.05, 3.63) is 35.0 Å². The van der Waals surface area contributed by atoms with Crippen molar-refractivity contribution in [2.24, 2.45) is 0 Å². The van der Waals surface area contributed by atoms with Gasteiger partial charge in [0, 0.05) is 6.20 Å². The van der Waals surface area contributed by atoms with Gasteiger partial charge in [-0.25, -0.2) is 9.48 Å². The van der Waals surface area contributed by atoms with E-state index in [1.165, 1.54) is 28.4 Å². The highest BCUT2D eigenvalue weighted by atomic mass is 32.1. The molecule has 0 atom stereocenters. The maximum absolute atomic E-state index is 10.6. The summed E-state index contributed by atoms with van der Waals surface area (Å²) >= 11 is 1.25. The van der Waals surface area contributed by atoms with Crippen LogP contribution >= 0.6 is 11.3 Å². The lowest BCUT2D eigenvalue weighted by Gasteiger charge is -1.92. The van der Waals surface area contributed by atoms with Gasteiger partial charge in [0.25, 0.3) is 0 Å². The number of carboxylic acid groups (broad SMARTS) is 1. The molecule has 2 aromatic rings. The molecule has 0 aliphatic carbocycles. The Balaban J connectivity index is 2.36. The number of carbonyl (C=O) groups is 2. The Hall–Kier alpha value is -1.95. The fourth-order valence-electron chi connectivity index (χ4n) is 1.08. The quantitative estimate of drug-likeness (QED) is 0.797. The minimum atomic E-state index is -1.02. The van der Waals surface area contributed by atoms with E-state index in [1.807, 2.05) is 0 Å². The van der Waals surface area contributed by atoms with Crippen molar-refractivity contribution in [1.29, 1.82) is 0 Å². The summed E-state index contributed by atoms with van der Waals surface area (Å²) in [5.74, 6) is -1.02. The third kappa shape index (κ3) is 1.79. The molecule has 0 saturated heterocycles. The molecule has 15 heavy (non-hydrogen) atoms. The van der Waals surface area contributed by atoms with Crippen molar-refractivity contribution in [3.8, 4) is 5.00 Å². The minimum Gasteiger partial charge on any atom is -0.478 e. The first-order valence-electron chi connectivity index (χ1n) is 4.04. The van der Waals surface area contributed by atoms with Crippen LogP contribution in [0.25, 0.3) is 5.00 Å². The van der Waals surface area contributed by atoms with E-state index in [4.69, 9.17) is 5.11 Å². The lowest BCUT2D eigenvalue weighted by Crippen LogP contribution is -1.93. The molecule has 0 aromatic carbocycles. The fraction of sp³-hybridized carbons (Fsp3) is 0. The van der Waals surface area contributed by atoms with E-state index in [2.05, 4.69) is 5.10 Å². The number of carbonyl (C=O) groups excluding carboxylic acids is 1. The normalized spacial score (nSPS) is 10.1. The van der Waals surface area contributed by atoms with Gasteiger partial charge >= 0.3 is 5.97 Å². The van der Waals surface area contributed by atoms with Crippen molar-refractivity contribution in [3.63, 3.8) is 0 Å². The first-order chi connectivity index (χ1) is 7.20. The second-order valence-corrected chi connectivity index (χ2v) is 3.87. The highest BCUT2D eigenvalue weighted by Crippen LogP contribution is 2.18. The summed E-state index contributed by atoms with van der Waals surface area (Å²) in [6.45, 7) is 0. The average molecular weight is 222 g/mol. The van der Waals surface area contributed by atoms with Crippen LogP contribution in [-0.4, -0.2) is 27.1 Å². The van der Waals surface area contributed by atoms with Crippen LogP contribution in [0.2, 0.25) is 0 Å². The molecule has 0 aliphatic rings. The standard InChI is InChI=1S/C9H6N2O3S/c12-5-7-1-2-8(15-7)11-4-6(3-10-11)9(13)14/h1-5H,(H,13,14). The number of thiophene rings is 1. The van der Waals surface area contributed by atoms with E-state index in [1.54, 1.807) is 12.1 Å². The van der Waals surface area contributed by atoms with Gasteiger partial charge in [0.1, 0.15) is 5.00 Å². The van der Waals surface area contributed by atoms with Gasteiger partial charge in [0.2, 0.25) is 0 Å². The predicted molar refractivity (Wildman–Crippen MR) is 53.8 cm³/mol. The van der Waals surface area contributed by atoms with Gasteiger partial charge in [-0.1, -0.05) is 0 Å². The summed E-state index contributed by atoms with van der Waals surface area (Å²) in [6, 6.07) is 3.38. The molecule has 0 aliphatic heterocycles. The van der Waals surface area contributed by atoms with Crippen molar-refractivity contribution in [2.75, 3.05) is 0 Å². The van der Waals surface area contributed by atoms with E-state index in [9.17, 15) is 9.59 Å². The lowest BCUT2D eigenvalue weighted by molar-refractivity contribution is 0.0696. The van der Waals surface area contributed by atoms with Gasteiger partial charge < -0.3 is 5.11 Å². The van der Waals surface area contributed by atoms with Crippen LogP contribution in [0.15, 0.2) is 24.5 Å². The number of rotatable bonds is 3. The maximum Gasteiger partial charge on any atom is 0.338 e. The second kappa shape index (κ2) is 3.66. The molecule has 5 nitrogen and oxygen atoms in total. The molecule has 2 heterocycles. The molecule has 0 radical (unpaired) electrons. The van der Waals surface area contributed by atoms with Crippen LogP contribution in [0, 0.1) is 0 Å². The molecule has 0 saturated carbocycles. The molecule has 2 aromatic heterocycles. The summed E-state index contributed by atoms with van der Waals surface area (Å²) in [5, 5.41) is 13.3. The molecule has 0 fully saturated rings. The number of aromatic nitrogens is 2. The summed E-state index contributed by atoms with van der Waals surface area (Å²) in [6.07, 6.45) is 3.42. The zero-order valence-electron chi connectivity index (χ0n) is 7.45.